The van der Waals surface area contributed by atoms with Gasteiger partial charge in [-0.25, -0.2) is 8.78 Å². The van der Waals surface area contributed by atoms with Crippen LogP contribution in [0, 0.1) is 11.6 Å². The van der Waals surface area contributed by atoms with E-state index in [1.165, 1.54) is 41.7 Å². The van der Waals surface area contributed by atoms with E-state index in [0.29, 0.717) is 16.3 Å². The van der Waals surface area contributed by atoms with Crippen molar-refractivity contribution in [3.05, 3.63) is 94.9 Å². The Hall–Kier alpha value is -3.25. The summed E-state index contributed by atoms with van der Waals surface area (Å²) in [5, 5.41) is 4.60. The third-order valence-corrected chi connectivity index (χ3v) is 5.04. The minimum Gasteiger partial charge on any atom is -0.322 e. The van der Waals surface area contributed by atoms with Gasteiger partial charge >= 0.3 is 0 Å². The van der Waals surface area contributed by atoms with Crippen molar-refractivity contribution in [1.82, 2.24) is 4.57 Å². The summed E-state index contributed by atoms with van der Waals surface area (Å²) in [7, 11) is 0. The first-order valence-corrected chi connectivity index (χ1v) is 9.07. The lowest BCUT2D eigenvalue weighted by Gasteiger charge is -2.10. The van der Waals surface area contributed by atoms with Crippen molar-refractivity contribution in [3.63, 3.8) is 0 Å². The van der Waals surface area contributed by atoms with Crippen molar-refractivity contribution >= 4 is 22.9 Å². The molecule has 0 fully saturated rings. The minimum atomic E-state index is -0.420. The quantitative estimate of drug-likeness (QED) is 0.482. The van der Waals surface area contributed by atoms with Crippen molar-refractivity contribution in [2.24, 2.45) is 0 Å². The molecule has 0 aliphatic rings. The average molecular weight is 380 g/mol. The molecule has 4 rings (SSSR count). The second kappa shape index (κ2) is 7.17. The second-order valence-corrected chi connectivity index (χ2v) is 6.77. The van der Waals surface area contributed by atoms with Gasteiger partial charge in [0.15, 0.2) is 0 Å². The van der Waals surface area contributed by atoms with Crippen LogP contribution >= 0.6 is 11.3 Å². The fourth-order valence-corrected chi connectivity index (χ4v) is 3.81. The summed E-state index contributed by atoms with van der Waals surface area (Å²) < 4.78 is 28.5. The Morgan fingerprint density at radius 3 is 2.37 bits per heavy atom. The highest BCUT2D eigenvalue weighted by Gasteiger charge is 2.20. The zero-order valence-electron chi connectivity index (χ0n) is 14.0. The molecule has 2 heterocycles. The Balaban J connectivity index is 1.77. The Morgan fingerprint density at radius 2 is 1.67 bits per heavy atom. The fraction of sp³-hybridized carbons (Fsp3) is 0. The van der Waals surface area contributed by atoms with Crippen LogP contribution in [0.4, 0.5) is 14.5 Å². The number of carbonyl (C=O) groups is 1. The number of nitrogens with zero attached hydrogens (tertiary/aromatic N) is 1. The molecule has 3 nitrogen and oxygen atoms in total. The van der Waals surface area contributed by atoms with Gasteiger partial charge in [-0.15, -0.1) is 11.3 Å². The number of rotatable bonds is 4. The van der Waals surface area contributed by atoms with E-state index in [1.54, 1.807) is 18.2 Å². The zero-order valence-corrected chi connectivity index (χ0v) is 14.8. The van der Waals surface area contributed by atoms with Gasteiger partial charge in [0.1, 0.15) is 16.5 Å². The summed E-state index contributed by atoms with van der Waals surface area (Å²) in [4.78, 5) is 13.3. The molecular formula is C21H14F2N2OS. The molecule has 0 saturated heterocycles. The third kappa shape index (κ3) is 3.52. The van der Waals surface area contributed by atoms with Crippen LogP contribution in [0.1, 0.15) is 9.67 Å². The standard InChI is InChI=1S/C21H14F2N2OS/c22-15-8-6-14(7-9-15)18-13-27-20(19(18)25-10-1-2-11-25)21(26)24-17-5-3-4-16(23)12-17/h1-13H,(H,24,26). The molecule has 2 aromatic carbocycles. The van der Waals surface area contributed by atoms with Gasteiger partial charge in [0.2, 0.25) is 0 Å². The molecule has 0 spiro atoms. The smallest absolute Gasteiger partial charge is 0.267 e. The van der Waals surface area contributed by atoms with E-state index < -0.39 is 5.82 Å². The van der Waals surface area contributed by atoms with Crippen LogP contribution in [0.25, 0.3) is 16.8 Å². The minimum absolute atomic E-state index is 0.319. The maximum absolute atomic E-state index is 13.4. The number of benzene rings is 2. The molecule has 0 saturated carbocycles. The molecular weight excluding hydrogens is 366 g/mol. The van der Waals surface area contributed by atoms with E-state index in [1.807, 2.05) is 34.5 Å². The van der Waals surface area contributed by atoms with E-state index in [4.69, 9.17) is 0 Å². The molecule has 0 aliphatic heterocycles. The van der Waals surface area contributed by atoms with Crippen molar-refractivity contribution < 1.29 is 13.6 Å². The molecule has 0 bridgehead atoms. The lowest BCUT2D eigenvalue weighted by molar-refractivity contribution is 0.103. The van der Waals surface area contributed by atoms with Crippen LogP contribution < -0.4 is 5.32 Å². The van der Waals surface area contributed by atoms with Crippen LogP contribution in [0.2, 0.25) is 0 Å². The Bertz CT molecular complexity index is 1090. The van der Waals surface area contributed by atoms with Crippen LogP contribution in [0.5, 0.6) is 0 Å². The fourth-order valence-electron chi connectivity index (χ4n) is 2.84. The summed E-state index contributed by atoms with van der Waals surface area (Å²) in [6.07, 6.45) is 3.68. The lowest BCUT2D eigenvalue weighted by atomic mass is 10.1. The Kier molecular flexibility index (Phi) is 4.56. The normalized spacial score (nSPS) is 10.7. The highest BCUT2D eigenvalue weighted by atomic mass is 32.1. The van der Waals surface area contributed by atoms with Gasteiger partial charge in [-0.05, 0) is 48.0 Å². The molecule has 6 heteroatoms. The largest absolute Gasteiger partial charge is 0.322 e. The van der Waals surface area contributed by atoms with E-state index in [-0.39, 0.29) is 11.7 Å². The topological polar surface area (TPSA) is 34.0 Å². The number of carbonyl (C=O) groups excluding carboxylic acids is 1. The molecule has 2 aromatic heterocycles. The SMILES string of the molecule is O=C(Nc1cccc(F)c1)c1scc(-c2ccc(F)cc2)c1-n1cccc1. The molecule has 0 unspecified atom stereocenters. The van der Waals surface area contributed by atoms with E-state index in [2.05, 4.69) is 5.32 Å². The summed E-state index contributed by atoms with van der Waals surface area (Å²) in [5.41, 5.74) is 2.71. The second-order valence-electron chi connectivity index (χ2n) is 5.89. The summed E-state index contributed by atoms with van der Waals surface area (Å²) in [5.74, 6) is -1.07. The lowest BCUT2D eigenvalue weighted by Crippen LogP contribution is -2.13. The van der Waals surface area contributed by atoms with Gasteiger partial charge in [-0.2, -0.15) is 0 Å². The van der Waals surface area contributed by atoms with Crippen molar-refractivity contribution in [3.8, 4) is 16.8 Å². The van der Waals surface area contributed by atoms with Crippen molar-refractivity contribution in [1.29, 1.82) is 0 Å². The molecule has 27 heavy (non-hydrogen) atoms. The van der Waals surface area contributed by atoms with Crippen LogP contribution in [0.3, 0.4) is 0 Å². The van der Waals surface area contributed by atoms with Crippen LogP contribution in [-0.4, -0.2) is 10.5 Å². The number of amides is 1. The van der Waals surface area contributed by atoms with Crippen LogP contribution in [-0.2, 0) is 0 Å². The highest BCUT2D eigenvalue weighted by Crippen LogP contribution is 2.35. The molecule has 0 radical (unpaired) electrons. The maximum atomic E-state index is 13.4. The first kappa shape index (κ1) is 17.2. The molecule has 0 atom stereocenters. The number of thiophene rings is 1. The van der Waals surface area contributed by atoms with E-state index in [9.17, 15) is 13.6 Å². The number of hydrogen-bond donors (Lipinski definition) is 1. The first-order chi connectivity index (χ1) is 13.1. The van der Waals surface area contributed by atoms with Gasteiger partial charge in [-0.1, -0.05) is 18.2 Å². The Labute approximate surface area is 158 Å². The number of halogens is 2. The maximum Gasteiger partial charge on any atom is 0.267 e. The number of nitrogens with one attached hydrogen (secondary N) is 1. The number of anilines is 1. The molecule has 1 N–H and O–H groups in total. The van der Waals surface area contributed by atoms with Gasteiger partial charge in [0, 0.05) is 29.0 Å². The van der Waals surface area contributed by atoms with E-state index in [0.717, 1.165) is 11.1 Å². The monoisotopic (exact) mass is 380 g/mol. The highest BCUT2D eigenvalue weighted by molar-refractivity contribution is 7.13. The number of aromatic nitrogens is 1. The Morgan fingerprint density at radius 1 is 0.926 bits per heavy atom. The molecule has 0 aliphatic carbocycles. The average Bonchev–Trinajstić information content (AvgIpc) is 3.32. The van der Waals surface area contributed by atoms with Crippen molar-refractivity contribution in [2.45, 2.75) is 0 Å². The summed E-state index contributed by atoms with van der Waals surface area (Å²) in [6, 6.07) is 15.6. The van der Waals surface area contributed by atoms with Gasteiger partial charge in [0.05, 0.1) is 5.69 Å². The van der Waals surface area contributed by atoms with E-state index >= 15 is 0 Å². The number of hydrogen-bond acceptors (Lipinski definition) is 2. The summed E-state index contributed by atoms with van der Waals surface area (Å²) >= 11 is 1.28. The van der Waals surface area contributed by atoms with Crippen LogP contribution in [0.15, 0.2) is 78.4 Å². The van der Waals surface area contributed by atoms with Gasteiger partial charge in [-0.3, -0.25) is 4.79 Å². The molecule has 4 aromatic rings. The van der Waals surface area contributed by atoms with Gasteiger partial charge in [0.25, 0.3) is 5.91 Å². The molecule has 134 valence electrons. The summed E-state index contributed by atoms with van der Waals surface area (Å²) in [6.45, 7) is 0. The van der Waals surface area contributed by atoms with Gasteiger partial charge < -0.3 is 9.88 Å². The van der Waals surface area contributed by atoms with Crippen molar-refractivity contribution in [2.75, 3.05) is 5.32 Å². The zero-order chi connectivity index (χ0) is 18.8. The molecule has 1 amide bonds. The third-order valence-electron chi connectivity index (χ3n) is 4.07. The first-order valence-electron chi connectivity index (χ1n) is 8.19. The predicted molar refractivity (Wildman–Crippen MR) is 103 cm³/mol. The predicted octanol–water partition coefficient (Wildman–Crippen LogP) is 5.74.